The van der Waals surface area contributed by atoms with Crippen molar-refractivity contribution < 1.29 is 26.4 Å². The predicted molar refractivity (Wildman–Crippen MR) is 101 cm³/mol. The second-order valence-corrected chi connectivity index (χ2v) is 8.54. The summed E-state index contributed by atoms with van der Waals surface area (Å²) in [5, 5.41) is 0. The number of fused-ring (bicyclic) bond motifs is 1. The number of nitrogens with zero attached hydrogens (tertiary/aromatic N) is 2. The zero-order valence-electron chi connectivity index (χ0n) is 15.7. The van der Waals surface area contributed by atoms with Crippen molar-refractivity contribution in [1.29, 1.82) is 0 Å². The van der Waals surface area contributed by atoms with Crippen LogP contribution in [0.25, 0.3) is 0 Å². The summed E-state index contributed by atoms with van der Waals surface area (Å²) in [7, 11) is -3.76. The summed E-state index contributed by atoms with van der Waals surface area (Å²) in [4.78, 5) is 16.9. The first-order valence-corrected chi connectivity index (χ1v) is 10.7. The molecule has 2 heterocycles. The van der Waals surface area contributed by atoms with Crippen LogP contribution in [0.3, 0.4) is 0 Å². The summed E-state index contributed by atoms with van der Waals surface area (Å²) in [6.07, 6.45) is -2.64. The van der Waals surface area contributed by atoms with Crippen molar-refractivity contribution in [2.75, 3.05) is 11.4 Å². The molecule has 29 heavy (non-hydrogen) atoms. The Hall–Kier alpha value is -2.46. The number of hydrogen-bond acceptors (Lipinski definition) is 4. The Morgan fingerprint density at radius 3 is 2.48 bits per heavy atom. The maximum Gasteiger partial charge on any atom is 0.433 e. The standard InChI is InChI=1S/C19H20F3N3O3S/c1-2-25-16-6-3-13(9-15(16)5-8-18(25)26)11-24-29(27,28)12-14-4-7-17(23-10-14)19(20,21)22/h3-4,6-7,9-10,24H,2,5,8,11-12H2,1H3. The van der Waals surface area contributed by atoms with Crippen LogP contribution in [0.4, 0.5) is 18.9 Å². The first kappa shape index (κ1) is 21.3. The number of amides is 1. The van der Waals surface area contributed by atoms with Crippen LogP contribution < -0.4 is 9.62 Å². The fraction of sp³-hybridized carbons (Fsp3) is 0.368. The van der Waals surface area contributed by atoms with Gasteiger partial charge in [0.25, 0.3) is 0 Å². The van der Waals surface area contributed by atoms with E-state index in [0.717, 1.165) is 35.1 Å². The molecule has 1 amide bonds. The molecule has 1 aromatic heterocycles. The minimum absolute atomic E-state index is 0.0454. The molecule has 1 N–H and O–H groups in total. The van der Waals surface area contributed by atoms with Crippen molar-refractivity contribution in [2.24, 2.45) is 0 Å². The number of anilines is 1. The number of rotatable bonds is 6. The highest BCUT2D eigenvalue weighted by atomic mass is 32.2. The van der Waals surface area contributed by atoms with E-state index < -0.39 is 27.6 Å². The third-order valence-corrected chi connectivity index (χ3v) is 5.93. The lowest BCUT2D eigenvalue weighted by Gasteiger charge is -2.28. The third-order valence-electron chi connectivity index (χ3n) is 4.63. The van der Waals surface area contributed by atoms with Crippen molar-refractivity contribution >= 4 is 21.6 Å². The Morgan fingerprint density at radius 2 is 1.86 bits per heavy atom. The first-order valence-electron chi connectivity index (χ1n) is 9.00. The number of hydrogen-bond donors (Lipinski definition) is 1. The van der Waals surface area contributed by atoms with Crippen LogP contribution in [-0.2, 0) is 39.7 Å². The summed E-state index contributed by atoms with van der Waals surface area (Å²) in [6.45, 7) is 2.51. The molecule has 0 bridgehead atoms. The molecule has 156 valence electrons. The number of carbonyl (C=O) groups is 1. The fourth-order valence-corrected chi connectivity index (χ4v) is 4.31. The zero-order valence-corrected chi connectivity index (χ0v) is 16.5. The quantitative estimate of drug-likeness (QED) is 0.769. The van der Waals surface area contributed by atoms with Gasteiger partial charge in [-0.2, -0.15) is 13.2 Å². The molecule has 0 saturated carbocycles. The number of pyridine rings is 1. The highest BCUT2D eigenvalue weighted by Crippen LogP contribution is 2.29. The Balaban J connectivity index is 1.65. The Labute approximate surface area is 166 Å². The van der Waals surface area contributed by atoms with Crippen molar-refractivity contribution in [1.82, 2.24) is 9.71 Å². The molecule has 1 aliphatic rings. The van der Waals surface area contributed by atoms with Gasteiger partial charge in [0.1, 0.15) is 5.69 Å². The van der Waals surface area contributed by atoms with E-state index in [9.17, 15) is 26.4 Å². The molecular weight excluding hydrogens is 407 g/mol. The van der Waals surface area contributed by atoms with Gasteiger partial charge in [0.15, 0.2) is 0 Å². The summed E-state index contributed by atoms with van der Waals surface area (Å²) >= 11 is 0. The van der Waals surface area contributed by atoms with Crippen LogP contribution >= 0.6 is 0 Å². The minimum Gasteiger partial charge on any atom is -0.312 e. The number of nitrogens with one attached hydrogen (secondary N) is 1. The van der Waals surface area contributed by atoms with Gasteiger partial charge >= 0.3 is 6.18 Å². The molecule has 1 aliphatic heterocycles. The van der Waals surface area contributed by atoms with E-state index in [-0.39, 0.29) is 18.0 Å². The molecule has 0 spiro atoms. The maximum atomic E-state index is 12.5. The molecular formula is C19H20F3N3O3S. The number of aromatic nitrogens is 1. The van der Waals surface area contributed by atoms with E-state index >= 15 is 0 Å². The van der Waals surface area contributed by atoms with E-state index in [4.69, 9.17) is 0 Å². The maximum absolute atomic E-state index is 12.5. The smallest absolute Gasteiger partial charge is 0.312 e. The van der Waals surface area contributed by atoms with E-state index in [2.05, 4.69) is 9.71 Å². The Kier molecular flexibility index (Phi) is 5.95. The van der Waals surface area contributed by atoms with E-state index in [1.54, 1.807) is 17.0 Å². The van der Waals surface area contributed by atoms with Gasteiger partial charge < -0.3 is 4.90 Å². The van der Waals surface area contributed by atoms with Crippen LogP contribution in [0.2, 0.25) is 0 Å². The molecule has 0 atom stereocenters. The van der Waals surface area contributed by atoms with Crippen LogP contribution in [0, 0.1) is 0 Å². The molecule has 1 aromatic carbocycles. The second-order valence-electron chi connectivity index (χ2n) is 6.73. The number of sulfonamides is 1. The third kappa shape index (κ3) is 5.13. The Morgan fingerprint density at radius 1 is 1.14 bits per heavy atom. The fourth-order valence-electron chi connectivity index (χ4n) is 3.21. The number of benzene rings is 1. The molecule has 0 fully saturated rings. The highest BCUT2D eigenvalue weighted by molar-refractivity contribution is 7.88. The summed E-state index contributed by atoms with van der Waals surface area (Å²) < 4.78 is 64.6. The van der Waals surface area contributed by atoms with Crippen LogP contribution in [0.5, 0.6) is 0 Å². The van der Waals surface area contributed by atoms with Crippen molar-refractivity contribution in [3.05, 3.63) is 58.9 Å². The van der Waals surface area contributed by atoms with E-state index in [1.165, 1.54) is 0 Å². The average molecular weight is 427 g/mol. The largest absolute Gasteiger partial charge is 0.433 e. The lowest BCUT2D eigenvalue weighted by molar-refractivity contribution is -0.141. The van der Waals surface area contributed by atoms with Crippen LogP contribution in [0.15, 0.2) is 36.5 Å². The van der Waals surface area contributed by atoms with Crippen LogP contribution in [0.1, 0.15) is 35.7 Å². The van der Waals surface area contributed by atoms with E-state index in [0.29, 0.717) is 19.4 Å². The molecule has 10 heteroatoms. The molecule has 0 aliphatic carbocycles. The van der Waals surface area contributed by atoms with Gasteiger partial charge in [0.2, 0.25) is 15.9 Å². The zero-order chi connectivity index (χ0) is 21.2. The monoisotopic (exact) mass is 427 g/mol. The lowest BCUT2D eigenvalue weighted by Crippen LogP contribution is -2.34. The SMILES string of the molecule is CCN1C(=O)CCc2cc(CNS(=O)(=O)Cc3ccc(C(F)(F)F)nc3)ccc21. The number of halogens is 3. The summed E-state index contributed by atoms with van der Waals surface area (Å²) in [5.74, 6) is -0.403. The highest BCUT2D eigenvalue weighted by Gasteiger charge is 2.32. The van der Waals surface area contributed by atoms with Gasteiger partial charge in [-0.25, -0.2) is 13.1 Å². The van der Waals surface area contributed by atoms with Crippen LogP contribution in [-0.4, -0.2) is 25.9 Å². The first-order chi connectivity index (χ1) is 13.6. The topological polar surface area (TPSA) is 79.4 Å². The number of alkyl halides is 3. The second kappa shape index (κ2) is 8.11. The molecule has 2 aromatic rings. The molecule has 0 saturated heterocycles. The number of aryl methyl sites for hydroxylation is 1. The Bertz CT molecular complexity index is 1010. The average Bonchev–Trinajstić information content (AvgIpc) is 2.66. The van der Waals surface area contributed by atoms with Gasteiger partial charge in [-0.1, -0.05) is 18.2 Å². The van der Waals surface area contributed by atoms with Gasteiger partial charge in [-0.15, -0.1) is 0 Å². The van der Waals surface area contributed by atoms with E-state index in [1.807, 2.05) is 13.0 Å². The van der Waals surface area contributed by atoms with Gasteiger partial charge in [-0.3, -0.25) is 9.78 Å². The van der Waals surface area contributed by atoms with Gasteiger partial charge in [0, 0.05) is 31.4 Å². The summed E-state index contributed by atoms with van der Waals surface area (Å²) in [6, 6.07) is 7.29. The van der Waals surface area contributed by atoms with Crippen molar-refractivity contribution in [3.8, 4) is 0 Å². The summed E-state index contributed by atoms with van der Waals surface area (Å²) in [5.41, 5.74) is 1.65. The number of carbonyl (C=O) groups excluding carboxylic acids is 1. The van der Waals surface area contributed by atoms with Crippen molar-refractivity contribution in [3.63, 3.8) is 0 Å². The normalized spacial score (nSPS) is 14.8. The molecule has 0 radical (unpaired) electrons. The van der Waals surface area contributed by atoms with Gasteiger partial charge in [0.05, 0.1) is 5.75 Å². The van der Waals surface area contributed by atoms with Crippen molar-refractivity contribution in [2.45, 2.75) is 38.2 Å². The molecule has 6 nitrogen and oxygen atoms in total. The van der Waals surface area contributed by atoms with Gasteiger partial charge in [-0.05, 0) is 42.2 Å². The molecule has 0 unspecified atom stereocenters. The minimum atomic E-state index is -4.57. The lowest BCUT2D eigenvalue weighted by atomic mass is 9.99. The predicted octanol–water partition coefficient (Wildman–Crippen LogP) is 3.02. The molecule has 3 rings (SSSR count).